The van der Waals surface area contributed by atoms with E-state index >= 15 is 0 Å². The van der Waals surface area contributed by atoms with Crippen LogP contribution in [-0.4, -0.2) is 14.5 Å². The molecule has 3 rings (SSSR count). The minimum absolute atomic E-state index is 0.319. The minimum atomic E-state index is -0.418. The van der Waals surface area contributed by atoms with E-state index in [1.807, 2.05) is 26.0 Å². The lowest BCUT2D eigenvalue weighted by atomic mass is 10.0. The first-order valence-electron chi connectivity index (χ1n) is 8.15. The smallest absolute Gasteiger partial charge is 0.328 e. The molecule has 0 amide bonds. The second kappa shape index (κ2) is 7.17. The van der Waals surface area contributed by atoms with Gasteiger partial charge in [0.05, 0.1) is 5.69 Å². The molecule has 26 heavy (non-hydrogen) atoms. The fraction of sp³-hybridized carbons (Fsp3) is 0.211. The van der Waals surface area contributed by atoms with Crippen LogP contribution >= 0.6 is 11.6 Å². The van der Waals surface area contributed by atoms with Gasteiger partial charge < -0.3 is 4.74 Å². The van der Waals surface area contributed by atoms with E-state index < -0.39 is 5.69 Å². The summed E-state index contributed by atoms with van der Waals surface area (Å²) >= 11 is 6.07. The Morgan fingerprint density at radius 3 is 2.65 bits per heavy atom. The van der Waals surface area contributed by atoms with E-state index in [0.29, 0.717) is 34.5 Å². The summed E-state index contributed by atoms with van der Waals surface area (Å²) in [4.78, 5) is 30.6. The SMILES string of the molecule is CCn1c(-c2ccc(Oc3ncccc3Cl)cc2C)c(C)c(=O)[nH]c1=O. The van der Waals surface area contributed by atoms with Crippen LogP contribution in [0.1, 0.15) is 18.1 Å². The van der Waals surface area contributed by atoms with Crippen molar-refractivity contribution in [2.75, 3.05) is 0 Å². The number of aromatic amines is 1. The number of halogens is 1. The van der Waals surface area contributed by atoms with Gasteiger partial charge in [0.2, 0.25) is 5.88 Å². The van der Waals surface area contributed by atoms with E-state index in [2.05, 4.69) is 9.97 Å². The van der Waals surface area contributed by atoms with E-state index in [-0.39, 0.29) is 5.56 Å². The van der Waals surface area contributed by atoms with Gasteiger partial charge in [0.15, 0.2) is 0 Å². The summed E-state index contributed by atoms with van der Waals surface area (Å²) in [5.74, 6) is 0.888. The molecule has 0 atom stereocenters. The van der Waals surface area contributed by atoms with Crippen LogP contribution < -0.4 is 16.0 Å². The summed E-state index contributed by atoms with van der Waals surface area (Å²) < 4.78 is 7.29. The standard InChI is InChI=1S/C19H18ClN3O3/c1-4-23-16(12(3)17(24)22-19(23)25)14-8-7-13(10-11(14)2)26-18-15(20)6-5-9-21-18/h5-10H,4H2,1-3H3,(H,22,24,25). The number of rotatable bonds is 4. The van der Waals surface area contributed by atoms with Crippen LogP contribution in [0.15, 0.2) is 46.1 Å². The van der Waals surface area contributed by atoms with Crippen molar-refractivity contribution in [1.82, 2.24) is 14.5 Å². The van der Waals surface area contributed by atoms with Gasteiger partial charge in [-0.15, -0.1) is 0 Å². The van der Waals surface area contributed by atoms with Gasteiger partial charge >= 0.3 is 5.69 Å². The lowest BCUT2D eigenvalue weighted by Gasteiger charge is -2.16. The van der Waals surface area contributed by atoms with Crippen molar-refractivity contribution >= 4 is 11.6 Å². The molecule has 2 aromatic heterocycles. The fourth-order valence-corrected chi connectivity index (χ4v) is 3.00. The highest BCUT2D eigenvalue weighted by molar-refractivity contribution is 6.31. The first-order chi connectivity index (χ1) is 12.4. The predicted molar refractivity (Wildman–Crippen MR) is 101 cm³/mol. The lowest BCUT2D eigenvalue weighted by molar-refractivity contribution is 0.463. The molecule has 0 saturated carbocycles. The van der Waals surface area contributed by atoms with Crippen LogP contribution in [-0.2, 0) is 6.54 Å². The second-order valence-electron chi connectivity index (χ2n) is 5.85. The number of aryl methyl sites for hydroxylation is 1. The molecule has 2 heterocycles. The van der Waals surface area contributed by atoms with Gasteiger partial charge in [-0.05, 0) is 56.7 Å². The molecular formula is C19H18ClN3O3. The molecule has 0 saturated heterocycles. The summed E-state index contributed by atoms with van der Waals surface area (Å²) in [7, 11) is 0. The highest BCUT2D eigenvalue weighted by Gasteiger charge is 2.15. The molecule has 1 aromatic carbocycles. The largest absolute Gasteiger partial charge is 0.438 e. The number of nitrogens with zero attached hydrogens (tertiary/aromatic N) is 2. The number of hydrogen-bond donors (Lipinski definition) is 1. The molecule has 0 fully saturated rings. The highest BCUT2D eigenvalue weighted by Crippen LogP contribution is 2.31. The maximum atomic E-state index is 12.1. The van der Waals surface area contributed by atoms with Crippen LogP contribution in [0.2, 0.25) is 5.02 Å². The molecule has 0 unspecified atom stereocenters. The van der Waals surface area contributed by atoms with Crippen LogP contribution in [0.4, 0.5) is 0 Å². The van der Waals surface area contributed by atoms with Crippen molar-refractivity contribution in [2.24, 2.45) is 0 Å². The summed E-state index contributed by atoms with van der Waals surface area (Å²) in [6, 6.07) is 8.84. The number of H-pyrrole nitrogens is 1. The van der Waals surface area contributed by atoms with Gasteiger partial charge in [-0.1, -0.05) is 11.6 Å². The van der Waals surface area contributed by atoms with E-state index in [4.69, 9.17) is 16.3 Å². The molecule has 0 aliphatic rings. The van der Waals surface area contributed by atoms with E-state index in [1.165, 1.54) is 0 Å². The van der Waals surface area contributed by atoms with Gasteiger partial charge in [-0.3, -0.25) is 14.3 Å². The fourth-order valence-electron chi connectivity index (χ4n) is 2.84. The average molecular weight is 372 g/mol. The van der Waals surface area contributed by atoms with Crippen LogP contribution in [0.5, 0.6) is 11.6 Å². The molecular weight excluding hydrogens is 354 g/mol. The second-order valence-corrected chi connectivity index (χ2v) is 6.25. The number of aromatic nitrogens is 3. The van der Waals surface area contributed by atoms with Gasteiger partial charge in [-0.25, -0.2) is 9.78 Å². The monoisotopic (exact) mass is 371 g/mol. The Morgan fingerprint density at radius 1 is 1.23 bits per heavy atom. The van der Waals surface area contributed by atoms with Gasteiger partial charge in [-0.2, -0.15) is 0 Å². The number of ether oxygens (including phenoxy) is 1. The molecule has 0 spiro atoms. The van der Waals surface area contributed by atoms with Crippen molar-refractivity contribution in [3.8, 4) is 22.9 Å². The third-order valence-electron chi connectivity index (χ3n) is 4.14. The molecule has 0 aliphatic heterocycles. The van der Waals surface area contributed by atoms with Crippen molar-refractivity contribution in [1.29, 1.82) is 0 Å². The summed E-state index contributed by atoms with van der Waals surface area (Å²) in [6.45, 7) is 5.91. The van der Waals surface area contributed by atoms with Crippen molar-refractivity contribution in [2.45, 2.75) is 27.3 Å². The predicted octanol–water partition coefficient (Wildman–Crippen LogP) is 3.68. The zero-order chi connectivity index (χ0) is 18.8. The van der Waals surface area contributed by atoms with E-state index in [1.54, 1.807) is 35.9 Å². The maximum absolute atomic E-state index is 12.1. The molecule has 1 N–H and O–H groups in total. The zero-order valence-electron chi connectivity index (χ0n) is 14.7. The summed E-state index contributed by atoms with van der Waals surface area (Å²) in [6.07, 6.45) is 1.60. The molecule has 0 aliphatic carbocycles. The topological polar surface area (TPSA) is 77.0 Å². The number of hydrogen-bond acceptors (Lipinski definition) is 4. The van der Waals surface area contributed by atoms with E-state index in [9.17, 15) is 9.59 Å². The number of pyridine rings is 1. The lowest BCUT2D eigenvalue weighted by Crippen LogP contribution is -2.32. The molecule has 6 nitrogen and oxygen atoms in total. The number of nitrogens with one attached hydrogen (secondary N) is 1. The van der Waals surface area contributed by atoms with Crippen LogP contribution in [0.25, 0.3) is 11.3 Å². The first kappa shape index (κ1) is 17.9. The van der Waals surface area contributed by atoms with Gasteiger partial charge in [0.1, 0.15) is 10.8 Å². The van der Waals surface area contributed by atoms with Crippen molar-refractivity contribution in [3.63, 3.8) is 0 Å². The normalized spacial score (nSPS) is 10.8. The quantitative estimate of drug-likeness (QED) is 0.758. The Bertz CT molecular complexity index is 1090. The number of benzene rings is 1. The Labute approximate surface area is 155 Å². The molecule has 7 heteroatoms. The maximum Gasteiger partial charge on any atom is 0.328 e. The van der Waals surface area contributed by atoms with E-state index in [0.717, 1.165) is 11.1 Å². The minimum Gasteiger partial charge on any atom is -0.438 e. The Kier molecular flexibility index (Phi) is 4.95. The third-order valence-corrected chi connectivity index (χ3v) is 4.43. The first-order valence-corrected chi connectivity index (χ1v) is 8.53. The molecule has 0 bridgehead atoms. The molecule has 134 valence electrons. The van der Waals surface area contributed by atoms with Crippen LogP contribution in [0, 0.1) is 13.8 Å². The Hall–Kier alpha value is -2.86. The van der Waals surface area contributed by atoms with Crippen LogP contribution in [0.3, 0.4) is 0 Å². The third kappa shape index (κ3) is 3.28. The van der Waals surface area contributed by atoms with Crippen molar-refractivity contribution < 1.29 is 4.74 Å². The Morgan fingerprint density at radius 2 is 2.00 bits per heavy atom. The Balaban J connectivity index is 2.08. The summed E-state index contributed by atoms with van der Waals surface area (Å²) in [5.41, 5.74) is 1.97. The summed E-state index contributed by atoms with van der Waals surface area (Å²) in [5, 5.41) is 0.416. The molecule has 0 radical (unpaired) electrons. The van der Waals surface area contributed by atoms with Gasteiger partial charge in [0.25, 0.3) is 5.56 Å². The zero-order valence-corrected chi connectivity index (χ0v) is 15.4. The highest BCUT2D eigenvalue weighted by atomic mass is 35.5. The van der Waals surface area contributed by atoms with Crippen molar-refractivity contribution in [3.05, 3.63) is 73.5 Å². The average Bonchev–Trinajstić information content (AvgIpc) is 2.60. The molecule has 3 aromatic rings. The van der Waals surface area contributed by atoms with Gasteiger partial charge in [0, 0.05) is 23.9 Å².